The number of hydrogen-bond acceptors (Lipinski definition) is 4. The molecule has 0 atom stereocenters. The lowest BCUT2D eigenvalue weighted by Gasteiger charge is -2.10. The molecule has 0 unspecified atom stereocenters. The molecule has 0 fully saturated rings. The Kier molecular flexibility index (Phi) is 3.53. The summed E-state index contributed by atoms with van der Waals surface area (Å²) in [5.74, 6) is 0.241. The third-order valence-corrected chi connectivity index (χ3v) is 4.15. The fraction of sp³-hybridized carbons (Fsp3) is 0.111. The van der Waals surface area contributed by atoms with Gasteiger partial charge in [-0.1, -0.05) is 30.3 Å². The number of aryl methyl sites for hydroxylation is 1. The second-order valence-electron chi connectivity index (χ2n) is 5.73. The third-order valence-electron chi connectivity index (χ3n) is 4.15. The van der Waals surface area contributed by atoms with Crippen LogP contribution in [0.4, 0.5) is 0 Å². The van der Waals surface area contributed by atoms with E-state index in [1.807, 2.05) is 30.3 Å². The van der Waals surface area contributed by atoms with Gasteiger partial charge in [0.2, 0.25) is 0 Å². The molecule has 3 heterocycles. The first-order valence-corrected chi connectivity index (χ1v) is 7.81. The minimum Gasteiger partial charge on any atom is -0.308 e. The van der Waals surface area contributed by atoms with Crippen molar-refractivity contribution in [3.05, 3.63) is 86.8 Å². The highest BCUT2D eigenvalue weighted by Gasteiger charge is 2.16. The van der Waals surface area contributed by atoms with Gasteiger partial charge < -0.3 is 4.57 Å². The molecule has 25 heavy (non-hydrogen) atoms. The molecule has 0 aliphatic rings. The number of aromatic amines is 1. The number of nitrogens with zero attached hydrogens (tertiary/aromatic N) is 4. The van der Waals surface area contributed by atoms with Crippen LogP contribution in [0.3, 0.4) is 0 Å². The molecular formula is C18H15N5O2. The monoisotopic (exact) mass is 333 g/mol. The predicted molar refractivity (Wildman–Crippen MR) is 94.0 cm³/mol. The largest absolute Gasteiger partial charge is 0.308 e. The highest BCUT2D eigenvalue weighted by atomic mass is 16.1. The zero-order valence-corrected chi connectivity index (χ0v) is 13.5. The minimum absolute atomic E-state index is 0.170. The van der Waals surface area contributed by atoms with E-state index >= 15 is 0 Å². The molecule has 1 N–H and O–H groups in total. The fourth-order valence-electron chi connectivity index (χ4n) is 2.92. The number of nitrogens with one attached hydrogen (secondary N) is 1. The molecule has 7 nitrogen and oxygen atoms in total. The maximum atomic E-state index is 12.8. The van der Waals surface area contributed by atoms with E-state index in [0.29, 0.717) is 23.1 Å². The Morgan fingerprint density at radius 1 is 1.04 bits per heavy atom. The van der Waals surface area contributed by atoms with E-state index in [0.717, 1.165) is 5.56 Å². The van der Waals surface area contributed by atoms with Gasteiger partial charge in [0, 0.05) is 24.2 Å². The standard InChI is InChI=1S/C18H15N5O2/c1-12-16-14(21-23(17(16)25)18-19-8-5-9-20-18)10-15(24)22(12)11-13-6-3-2-4-7-13/h2-10,21H,11H2,1H3. The van der Waals surface area contributed by atoms with Crippen molar-refractivity contribution in [2.24, 2.45) is 0 Å². The van der Waals surface area contributed by atoms with Crippen LogP contribution in [-0.2, 0) is 6.54 Å². The Morgan fingerprint density at radius 2 is 1.76 bits per heavy atom. The smallest absolute Gasteiger partial charge is 0.283 e. The van der Waals surface area contributed by atoms with Crippen molar-refractivity contribution in [3.63, 3.8) is 0 Å². The van der Waals surface area contributed by atoms with Gasteiger partial charge >= 0.3 is 0 Å². The number of aromatic nitrogens is 5. The Hall–Kier alpha value is -3.48. The summed E-state index contributed by atoms with van der Waals surface area (Å²) < 4.78 is 2.85. The topological polar surface area (TPSA) is 85.6 Å². The first kappa shape index (κ1) is 15.1. The van der Waals surface area contributed by atoms with Gasteiger partial charge in [-0.15, -0.1) is 0 Å². The average molecular weight is 333 g/mol. The Balaban J connectivity index is 1.92. The molecule has 0 bridgehead atoms. The highest BCUT2D eigenvalue weighted by molar-refractivity contribution is 5.80. The molecule has 0 amide bonds. The molecule has 0 saturated heterocycles. The van der Waals surface area contributed by atoms with Crippen LogP contribution < -0.4 is 11.1 Å². The van der Waals surface area contributed by atoms with E-state index in [9.17, 15) is 9.59 Å². The molecule has 7 heteroatoms. The Labute approximate surface area is 142 Å². The second kappa shape index (κ2) is 5.86. The summed E-state index contributed by atoms with van der Waals surface area (Å²) in [6.45, 7) is 2.19. The van der Waals surface area contributed by atoms with Crippen LogP contribution in [0.25, 0.3) is 16.9 Å². The van der Waals surface area contributed by atoms with Gasteiger partial charge in [0.05, 0.1) is 17.4 Å². The van der Waals surface area contributed by atoms with E-state index < -0.39 is 0 Å². The molecule has 1 aromatic carbocycles. The quantitative estimate of drug-likeness (QED) is 0.617. The number of pyridine rings is 1. The molecule has 0 saturated carbocycles. The lowest BCUT2D eigenvalue weighted by Crippen LogP contribution is -2.24. The molecular weight excluding hydrogens is 318 g/mol. The predicted octanol–water partition coefficient (Wildman–Crippen LogP) is 1.63. The van der Waals surface area contributed by atoms with Crippen LogP contribution in [0.5, 0.6) is 0 Å². The van der Waals surface area contributed by atoms with E-state index in [4.69, 9.17) is 0 Å². The Morgan fingerprint density at radius 3 is 2.48 bits per heavy atom. The summed E-state index contributed by atoms with van der Waals surface area (Å²) in [5.41, 5.74) is 1.64. The van der Waals surface area contributed by atoms with E-state index in [2.05, 4.69) is 15.1 Å². The number of H-pyrrole nitrogens is 1. The van der Waals surface area contributed by atoms with E-state index in [1.165, 1.54) is 10.7 Å². The number of fused-ring (bicyclic) bond motifs is 1. The zero-order chi connectivity index (χ0) is 17.4. The maximum absolute atomic E-state index is 12.8. The first-order chi connectivity index (χ1) is 12.1. The zero-order valence-electron chi connectivity index (χ0n) is 13.5. The first-order valence-electron chi connectivity index (χ1n) is 7.81. The molecule has 4 aromatic rings. The summed E-state index contributed by atoms with van der Waals surface area (Å²) in [6, 6.07) is 12.8. The van der Waals surface area contributed by atoms with E-state index in [1.54, 1.807) is 30.0 Å². The van der Waals surface area contributed by atoms with Crippen molar-refractivity contribution in [1.82, 2.24) is 24.3 Å². The normalized spacial score (nSPS) is 11.1. The van der Waals surface area contributed by atoms with Crippen molar-refractivity contribution in [3.8, 4) is 5.95 Å². The minimum atomic E-state index is -0.277. The number of benzene rings is 1. The molecule has 4 rings (SSSR count). The van der Waals surface area contributed by atoms with Gasteiger partial charge in [0.25, 0.3) is 17.1 Å². The molecule has 0 aliphatic carbocycles. The van der Waals surface area contributed by atoms with Crippen LogP contribution in [0.1, 0.15) is 11.3 Å². The van der Waals surface area contributed by atoms with Gasteiger partial charge in [0.1, 0.15) is 0 Å². The van der Waals surface area contributed by atoms with Crippen molar-refractivity contribution in [2.45, 2.75) is 13.5 Å². The van der Waals surface area contributed by atoms with Crippen LogP contribution in [0, 0.1) is 6.92 Å². The maximum Gasteiger partial charge on any atom is 0.283 e. The number of rotatable bonds is 3. The molecule has 0 spiro atoms. The van der Waals surface area contributed by atoms with E-state index in [-0.39, 0.29) is 17.1 Å². The molecule has 0 radical (unpaired) electrons. The summed E-state index contributed by atoms with van der Waals surface area (Å²) in [6.07, 6.45) is 3.11. The summed E-state index contributed by atoms with van der Waals surface area (Å²) in [7, 11) is 0. The van der Waals surface area contributed by atoms with Crippen LogP contribution in [-0.4, -0.2) is 24.3 Å². The van der Waals surface area contributed by atoms with Gasteiger partial charge in [-0.2, -0.15) is 4.68 Å². The SMILES string of the molecule is Cc1c2c(=O)n(-c3ncccn3)[nH]c2cc(=O)n1Cc1ccccc1. The highest BCUT2D eigenvalue weighted by Crippen LogP contribution is 2.13. The molecule has 124 valence electrons. The second-order valence-corrected chi connectivity index (χ2v) is 5.73. The van der Waals surface area contributed by atoms with Crippen molar-refractivity contribution >= 4 is 10.9 Å². The van der Waals surface area contributed by atoms with Crippen LogP contribution in [0.2, 0.25) is 0 Å². The lowest BCUT2D eigenvalue weighted by atomic mass is 10.2. The summed E-state index contributed by atoms with van der Waals surface area (Å²) in [4.78, 5) is 33.5. The lowest BCUT2D eigenvalue weighted by molar-refractivity contribution is 0.738. The van der Waals surface area contributed by atoms with Crippen LogP contribution in [0.15, 0.2) is 64.4 Å². The molecule has 3 aromatic heterocycles. The summed E-state index contributed by atoms with van der Waals surface area (Å²) in [5, 5.41) is 3.38. The third kappa shape index (κ3) is 2.55. The molecule has 0 aliphatic heterocycles. The van der Waals surface area contributed by atoms with Gasteiger partial charge in [-0.25, -0.2) is 9.97 Å². The van der Waals surface area contributed by atoms with Crippen LogP contribution >= 0.6 is 0 Å². The number of hydrogen-bond donors (Lipinski definition) is 1. The summed E-state index contributed by atoms with van der Waals surface area (Å²) >= 11 is 0. The van der Waals surface area contributed by atoms with Gasteiger partial charge in [-0.05, 0) is 18.6 Å². The average Bonchev–Trinajstić information content (AvgIpc) is 2.96. The van der Waals surface area contributed by atoms with Crippen molar-refractivity contribution < 1.29 is 0 Å². The van der Waals surface area contributed by atoms with Gasteiger partial charge in [-0.3, -0.25) is 14.7 Å². The van der Waals surface area contributed by atoms with Crippen molar-refractivity contribution in [2.75, 3.05) is 0 Å². The van der Waals surface area contributed by atoms with Gasteiger partial charge in [0.15, 0.2) is 0 Å². The Bertz CT molecular complexity index is 1160. The van der Waals surface area contributed by atoms with Crippen molar-refractivity contribution in [1.29, 1.82) is 0 Å². The fourth-order valence-corrected chi connectivity index (χ4v) is 2.92.